The summed E-state index contributed by atoms with van der Waals surface area (Å²) in [6.07, 6.45) is 7.35. The van der Waals surface area contributed by atoms with Crippen LogP contribution >= 0.6 is 0 Å². The number of rotatable bonds is 11. The molecule has 0 unspecified atom stereocenters. The number of hydrogen-bond donors (Lipinski definition) is 0. The molecule has 2 nitrogen and oxygen atoms in total. The molecule has 0 amide bonds. The summed E-state index contributed by atoms with van der Waals surface area (Å²) in [6.45, 7) is 3.61. The van der Waals surface area contributed by atoms with E-state index in [2.05, 4.69) is 6.92 Å². The van der Waals surface area contributed by atoms with Gasteiger partial charge in [-0.05, 0) is 37.1 Å². The number of carbonyl (C=O) groups excluding carboxylic acids is 1. The van der Waals surface area contributed by atoms with Gasteiger partial charge in [0.1, 0.15) is 5.82 Å². The minimum Gasteiger partial charge on any atom is -0.381 e. The quantitative estimate of drug-likeness (QED) is 0.431. The Bertz CT molecular complexity index is 373. The summed E-state index contributed by atoms with van der Waals surface area (Å²) in [5.41, 5.74) is 0.575. The summed E-state index contributed by atoms with van der Waals surface area (Å²) in [4.78, 5) is 11.8. The van der Waals surface area contributed by atoms with Gasteiger partial charge >= 0.3 is 0 Å². The fourth-order valence-corrected chi connectivity index (χ4v) is 2.02. The van der Waals surface area contributed by atoms with Crippen LogP contribution in [0.5, 0.6) is 0 Å². The maximum absolute atomic E-state index is 12.7. The van der Waals surface area contributed by atoms with Crippen LogP contribution in [0.1, 0.15) is 62.2 Å². The first kappa shape index (κ1) is 16.8. The van der Waals surface area contributed by atoms with Gasteiger partial charge in [0, 0.05) is 25.2 Å². The third kappa shape index (κ3) is 7.39. The minimum absolute atomic E-state index is 0.0524. The fraction of sp³-hybridized carbons (Fsp3) is 0.588. The first-order chi connectivity index (χ1) is 9.74. The van der Waals surface area contributed by atoms with E-state index in [9.17, 15) is 9.18 Å². The molecule has 20 heavy (non-hydrogen) atoms. The topological polar surface area (TPSA) is 26.3 Å². The highest BCUT2D eigenvalue weighted by Gasteiger charge is 2.05. The van der Waals surface area contributed by atoms with E-state index < -0.39 is 0 Å². The van der Waals surface area contributed by atoms with Crippen LogP contribution in [-0.2, 0) is 4.74 Å². The molecule has 0 atom stereocenters. The van der Waals surface area contributed by atoms with E-state index in [1.165, 1.54) is 49.9 Å². The smallest absolute Gasteiger partial charge is 0.162 e. The molecule has 0 bridgehead atoms. The summed E-state index contributed by atoms with van der Waals surface area (Å²) in [5.74, 6) is -0.260. The molecular formula is C17H25FO2. The van der Waals surface area contributed by atoms with E-state index in [0.29, 0.717) is 18.6 Å². The maximum atomic E-state index is 12.7. The normalized spacial score (nSPS) is 10.7. The molecule has 112 valence electrons. The molecule has 0 heterocycles. The van der Waals surface area contributed by atoms with Gasteiger partial charge in [0.2, 0.25) is 0 Å². The lowest BCUT2D eigenvalue weighted by molar-refractivity contribution is 0.0933. The molecule has 0 radical (unpaired) electrons. The van der Waals surface area contributed by atoms with Crippen molar-refractivity contribution >= 4 is 5.78 Å². The van der Waals surface area contributed by atoms with E-state index in [-0.39, 0.29) is 11.6 Å². The van der Waals surface area contributed by atoms with E-state index in [0.717, 1.165) is 19.4 Å². The summed E-state index contributed by atoms with van der Waals surface area (Å²) < 4.78 is 18.2. The number of Topliss-reactive ketones (excluding diaryl/α,β-unsaturated/α-hetero) is 1. The van der Waals surface area contributed by atoms with E-state index in [4.69, 9.17) is 4.74 Å². The second-order valence-corrected chi connectivity index (χ2v) is 5.06. The van der Waals surface area contributed by atoms with Crippen molar-refractivity contribution in [3.63, 3.8) is 0 Å². The Morgan fingerprint density at radius 3 is 2.35 bits per heavy atom. The number of halogens is 1. The monoisotopic (exact) mass is 280 g/mol. The number of hydrogen-bond acceptors (Lipinski definition) is 2. The highest BCUT2D eigenvalue weighted by molar-refractivity contribution is 5.95. The van der Waals surface area contributed by atoms with Crippen LogP contribution in [0.2, 0.25) is 0 Å². The van der Waals surface area contributed by atoms with Gasteiger partial charge in [0.25, 0.3) is 0 Å². The van der Waals surface area contributed by atoms with Gasteiger partial charge in [-0.1, -0.05) is 32.6 Å². The van der Waals surface area contributed by atoms with Crippen molar-refractivity contribution in [1.29, 1.82) is 0 Å². The minimum atomic E-state index is -0.312. The van der Waals surface area contributed by atoms with Gasteiger partial charge < -0.3 is 4.74 Å². The Morgan fingerprint density at radius 2 is 1.65 bits per heavy atom. The number of benzene rings is 1. The van der Waals surface area contributed by atoms with Gasteiger partial charge in [0.15, 0.2) is 5.78 Å². The first-order valence-electron chi connectivity index (χ1n) is 7.60. The molecule has 0 aliphatic heterocycles. The lowest BCUT2D eigenvalue weighted by Crippen LogP contribution is -2.03. The Hall–Kier alpha value is -1.22. The van der Waals surface area contributed by atoms with Crippen molar-refractivity contribution in [3.05, 3.63) is 35.6 Å². The van der Waals surface area contributed by atoms with Crippen LogP contribution in [0.15, 0.2) is 24.3 Å². The molecule has 3 heteroatoms. The van der Waals surface area contributed by atoms with Gasteiger partial charge in [-0.25, -0.2) is 4.39 Å². The predicted molar refractivity (Wildman–Crippen MR) is 79.5 cm³/mol. The zero-order chi connectivity index (χ0) is 14.6. The molecule has 1 rings (SSSR count). The van der Waals surface area contributed by atoms with Crippen LogP contribution in [0.3, 0.4) is 0 Å². The van der Waals surface area contributed by atoms with Crippen molar-refractivity contribution < 1.29 is 13.9 Å². The van der Waals surface area contributed by atoms with E-state index >= 15 is 0 Å². The van der Waals surface area contributed by atoms with Crippen LogP contribution in [0.25, 0.3) is 0 Å². The van der Waals surface area contributed by atoms with Gasteiger partial charge in [-0.3, -0.25) is 4.79 Å². The van der Waals surface area contributed by atoms with Crippen molar-refractivity contribution in [2.75, 3.05) is 13.2 Å². The molecule has 0 saturated heterocycles. The molecule has 0 aromatic heterocycles. The van der Waals surface area contributed by atoms with Crippen molar-refractivity contribution in [3.8, 4) is 0 Å². The summed E-state index contributed by atoms with van der Waals surface area (Å²) in [6, 6.07) is 5.71. The van der Waals surface area contributed by atoms with Crippen molar-refractivity contribution in [2.24, 2.45) is 0 Å². The number of carbonyl (C=O) groups is 1. The summed E-state index contributed by atoms with van der Waals surface area (Å²) in [7, 11) is 0. The second kappa shape index (κ2) is 10.6. The zero-order valence-electron chi connectivity index (χ0n) is 12.4. The molecule has 0 saturated carbocycles. The van der Waals surface area contributed by atoms with Crippen LogP contribution in [-0.4, -0.2) is 19.0 Å². The molecule has 0 N–H and O–H groups in total. The van der Waals surface area contributed by atoms with Crippen molar-refractivity contribution in [1.82, 2.24) is 0 Å². The average Bonchev–Trinajstić information content (AvgIpc) is 2.46. The summed E-state index contributed by atoms with van der Waals surface area (Å²) in [5, 5.41) is 0. The predicted octanol–water partition coefficient (Wildman–Crippen LogP) is 4.78. The third-order valence-electron chi connectivity index (χ3n) is 3.25. The largest absolute Gasteiger partial charge is 0.381 e. The highest BCUT2D eigenvalue weighted by atomic mass is 19.1. The molecule has 0 fully saturated rings. The highest BCUT2D eigenvalue weighted by Crippen LogP contribution is 2.08. The van der Waals surface area contributed by atoms with Gasteiger partial charge in [-0.2, -0.15) is 0 Å². The zero-order valence-corrected chi connectivity index (χ0v) is 12.4. The first-order valence-corrected chi connectivity index (χ1v) is 7.60. The Balaban J connectivity index is 2.01. The SMILES string of the molecule is CCCCCCCOCCCC(=O)c1ccc(F)cc1. The lowest BCUT2D eigenvalue weighted by atomic mass is 10.1. The lowest BCUT2D eigenvalue weighted by Gasteiger charge is -2.04. The van der Waals surface area contributed by atoms with Crippen LogP contribution < -0.4 is 0 Å². The van der Waals surface area contributed by atoms with Crippen LogP contribution in [0, 0.1) is 5.82 Å². The number of unbranched alkanes of at least 4 members (excludes halogenated alkanes) is 4. The van der Waals surface area contributed by atoms with E-state index in [1.807, 2.05) is 0 Å². The van der Waals surface area contributed by atoms with Crippen LogP contribution in [0.4, 0.5) is 4.39 Å². The third-order valence-corrected chi connectivity index (χ3v) is 3.25. The Kier molecular flexibility index (Phi) is 8.88. The Labute approximate surface area is 121 Å². The van der Waals surface area contributed by atoms with Gasteiger partial charge in [-0.15, -0.1) is 0 Å². The molecule has 1 aromatic rings. The van der Waals surface area contributed by atoms with Gasteiger partial charge in [0.05, 0.1) is 0 Å². The average molecular weight is 280 g/mol. The fourth-order valence-electron chi connectivity index (χ4n) is 2.02. The molecule has 0 spiro atoms. The Morgan fingerprint density at radius 1 is 1.00 bits per heavy atom. The number of ketones is 1. The van der Waals surface area contributed by atoms with Crippen molar-refractivity contribution in [2.45, 2.75) is 51.9 Å². The van der Waals surface area contributed by atoms with E-state index in [1.54, 1.807) is 0 Å². The molecule has 0 aliphatic carbocycles. The standard InChI is InChI=1S/C17H25FO2/c1-2-3-4-5-6-13-20-14-7-8-17(19)15-9-11-16(18)12-10-15/h9-12H,2-8,13-14H2,1H3. The summed E-state index contributed by atoms with van der Waals surface area (Å²) >= 11 is 0. The second-order valence-electron chi connectivity index (χ2n) is 5.06. The maximum Gasteiger partial charge on any atom is 0.162 e. The molecule has 1 aromatic carbocycles. The number of ether oxygens (including phenoxy) is 1. The molecule has 0 aliphatic rings. The molecular weight excluding hydrogens is 255 g/mol.